The van der Waals surface area contributed by atoms with E-state index in [0.29, 0.717) is 12.0 Å². The molecule has 0 radical (unpaired) electrons. The Labute approximate surface area is 121 Å². The number of carbonyl (C=O) groups excluding carboxylic acids is 1. The van der Waals surface area contributed by atoms with Gasteiger partial charge in [0.05, 0.1) is 5.69 Å². The Bertz CT molecular complexity index is 699. The van der Waals surface area contributed by atoms with Gasteiger partial charge in [0.25, 0.3) is 0 Å². The normalized spacial score (nSPS) is 20.1. The van der Waals surface area contributed by atoms with Crippen LogP contribution in [-0.4, -0.2) is 5.91 Å². The number of halogens is 2. The highest BCUT2D eigenvalue weighted by molar-refractivity contribution is 5.95. The number of hydrogen-bond acceptors (Lipinski definition) is 1. The summed E-state index contributed by atoms with van der Waals surface area (Å²) in [7, 11) is 0. The molecule has 0 bridgehead atoms. The molecule has 1 N–H and O–H groups in total. The first-order valence-electron chi connectivity index (χ1n) is 6.87. The fraction of sp³-hybridized carbons (Fsp3) is 0.235. The average Bonchev–Trinajstić information content (AvgIpc) is 3.23. The van der Waals surface area contributed by atoms with Gasteiger partial charge in [0, 0.05) is 5.92 Å². The van der Waals surface area contributed by atoms with Crippen molar-refractivity contribution in [3.63, 3.8) is 0 Å². The molecule has 1 saturated carbocycles. The summed E-state index contributed by atoms with van der Waals surface area (Å²) in [5.41, 5.74) is 1.52. The molecule has 0 aromatic heterocycles. The summed E-state index contributed by atoms with van der Waals surface area (Å²) in [4.78, 5) is 12.1. The standard InChI is InChI=1S/C17H15F2NO/c1-10-6-7-16(15(19)8-10)20-17(21)13-9-12(13)11-4-2-3-5-14(11)18/h2-8,12-13H,9H2,1H3,(H,20,21). The van der Waals surface area contributed by atoms with Crippen LogP contribution in [-0.2, 0) is 4.79 Å². The van der Waals surface area contributed by atoms with Crippen molar-refractivity contribution in [2.75, 3.05) is 5.32 Å². The quantitative estimate of drug-likeness (QED) is 0.907. The molecular formula is C17H15F2NO. The number of aryl methyl sites for hydroxylation is 1. The Morgan fingerprint density at radius 2 is 1.90 bits per heavy atom. The number of nitrogens with one attached hydrogen (secondary N) is 1. The smallest absolute Gasteiger partial charge is 0.228 e. The van der Waals surface area contributed by atoms with E-state index in [1.165, 1.54) is 12.1 Å². The first-order valence-corrected chi connectivity index (χ1v) is 6.87. The second kappa shape index (κ2) is 5.28. The number of carbonyl (C=O) groups is 1. The third-order valence-electron chi connectivity index (χ3n) is 3.81. The maximum absolute atomic E-state index is 13.7. The van der Waals surface area contributed by atoms with E-state index in [1.54, 1.807) is 37.3 Å². The van der Waals surface area contributed by atoms with Gasteiger partial charge in [-0.3, -0.25) is 4.79 Å². The van der Waals surface area contributed by atoms with Gasteiger partial charge >= 0.3 is 0 Å². The van der Waals surface area contributed by atoms with E-state index in [4.69, 9.17) is 0 Å². The minimum atomic E-state index is -0.452. The van der Waals surface area contributed by atoms with Gasteiger partial charge < -0.3 is 5.32 Å². The van der Waals surface area contributed by atoms with Crippen LogP contribution < -0.4 is 5.32 Å². The molecule has 21 heavy (non-hydrogen) atoms. The highest BCUT2D eigenvalue weighted by atomic mass is 19.1. The third-order valence-corrected chi connectivity index (χ3v) is 3.81. The van der Waals surface area contributed by atoms with Gasteiger partial charge in [0.1, 0.15) is 11.6 Å². The number of rotatable bonds is 3. The predicted molar refractivity (Wildman–Crippen MR) is 77.0 cm³/mol. The second-order valence-corrected chi connectivity index (χ2v) is 5.44. The maximum atomic E-state index is 13.7. The zero-order chi connectivity index (χ0) is 15.0. The van der Waals surface area contributed by atoms with E-state index in [0.717, 1.165) is 5.56 Å². The largest absolute Gasteiger partial charge is 0.323 e. The maximum Gasteiger partial charge on any atom is 0.228 e. The number of hydrogen-bond donors (Lipinski definition) is 1. The van der Waals surface area contributed by atoms with Crippen LogP contribution >= 0.6 is 0 Å². The van der Waals surface area contributed by atoms with E-state index >= 15 is 0 Å². The minimum Gasteiger partial charge on any atom is -0.323 e. The molecule has 0 heterocycles. The first-order chi connectivity index (χ1) is 10.1. The van der Waals surface area contributed by atoms with Crippen molar-refractivity contribution in [3.05, 3.63) is 65.2 Å². The van der Waals surface area contributed by atoms with Crippen LogP contribution in [0.1, 0.15) is 23.5 Å². The third kappa shape index (κ3) is 2.79. The molecule has 1 aliphatic carbocycles. The highest BCUT2D eigenvalue weighted by Crippen LogP contribution is 2.48. The van der Waals surface area contributed by atoms with Crippen LogP contribution in [0.3, 0.4) is 0 Å². The topological polar surface area (TPSA) is 29.1 Å². The second-order valence-electron chi connectivity index (χ2n) is 5.44. The van der Waals surface area contributed by atoms with Gasteiger partial charge in [-0.05, 0) is 48.6 Å². The molecule has 2 unspecified atom stereocenters. The van der Waals surface area contributed by atoms with Crippen molar-refractivity contribution in [2.45, 2.75) is 19.3 Å². The lowest BCUT2D eigenvalue weighted by Crippen LogP contribution is -2.15. The first kappa shape index (κ1) is 13.7. The molecule has 2 aromatic rings. The molecule has 1 aliphatic rings. The molecule has 4 heteroatoms. The Balaban J connectivity index is 1.70. The van der Waals surface area contributed by atoms with Crippen LogP contribution in [0.25, 0.3) is 0 Å². The average molecular weight is 287 g/mol. The predicted octanol–water partition coefficient (Wildman–Crippen LogP) is 4.02. The molecule has 0 aliphatic heterocycles. The monoisotopic (exact) mass is 287 g/mol. The molecule has 3 rings (SSSR count). The Morgan fingerprint density at radius 3 is 2.62 bits per heavy atom. The van der Waals surface area contributed by atoms with Crippen molar-refractivity contribution in [1.29, 1.82) is 0 Å². The minimum absolute atomic E-state index is 0.111. The van der Waals surface area contributed by atoms with Crippen LogP contribution in [0, 0.1) is 24.5 Å². The molecule has 2 aromatic carbocycles. The van der Waals surface area contributed by atoms with Gasteiger partial charge in [-0.1, -0.05) is 24.3 Å². The molecule has 108 valence electrons. The summed E-state index contributed by atoms with van der Waals surface area (Å²) in [6.45, 7) is 1.78. The molecule has 1 amide bonds. The van der Waals surface area contributed by atoms with Crippen LogP contribution in [0.5, 0.6) is 0 Å². The summed E-state index contributed by atoms with van der Waals surface area (Å²) >= 11 is 0. The van der Waals surface area contributed by atoms with E-state index in [9.17, 15) is 13.6 Å². The van der Waals surface area contributed by atoms with Crippen molar-refractivity contribution >= 4 is 11.6 Å². The van der Waals surface area contributed by atoms with Crippen molar-refractivity contribution in [2.24, 2.45) is 5.92 Å². The summed E-state index contributed by atoms with van der Waals surface area (Å²) in [5, 5.41) is 2.58. The molecular weight excluding hydrogens is 272 g/mol. The van der Waals surface area contributed by atoms with Crippen LogP contribution in [0.15, 0.2) is 42.5 Å². The fourth-order valence-electron chi connectivity index (χ4n) is 2.55. The fourth-order valence-corrected chi connectivity index (χ4v) is 2.55. The van der Waals surface area contributed by atoms with Crippen molar-refractivity contribution < 1.29 is 13.6 Å². The molecule has 2 nitrogen and oxygen atoms in total. The van der Waals surface area contributed by atoms with Crippen LogP contribution in [0.2, 0.25) is 0 Å². The lowest BCUT2D eigenvalue weighted by Gasteiger charge is -2.07. The number of anilines is 1. The SMILES string of the molecule is Cc1ccc(NC(=O)C2CC2c2ccccc2F)c(F)c1. The van der Waals surface area contributed by atoms with Gasteiger partial charge in [-0.25, -0.2) is 8.78 Å². The van der Waals surface area contributed by atoms with Crippen molar-refractivity contribution in [1.82, 2.24) is 0 Å². The highest BCUT2D eigenvalue weighted by Gasteiger charge is 2.45. The summed E-state index contributed by atoms with van der Waals surface area (Å²) in [6, 6.07) is 11.1. The van der Waals surface area contributed by atoms with Crippen molar-refractivity contribution in [3.8, 4) is 0 Å². The zero-order valence-electron chi connectivity index (χ0n) is 11.6. The van der Waals surface area contributed by atoms with Crippen LogP contribution in [0.4, 0.5) is 14.5 Å². The Kier molecular flexibility index (Phi) is 3.45. The van der Waals surface area contributed by atoms with E-state index in [2.05, 4.69) is 5.32 Å². The number of benzene rings is 2. The lowest BCUT2D eigenvalue weighted by molar-refractivity contribution is -0.117. The van der Waals surface area contributed by atoms with Gasteiger partial charge in [-0.15, -0.1) is 0 Å². The zero-order valence-corrected chi connectivity index (χ0v) is 11.6. The van der Waals surface area contributed by atoms with Gasteiger partial charge in [0.2, 0.25) is 5.91 Å². The van der Waals surface area contributed by atoms with Gasteiger partial charge in [-0.2, -0.15) is 0 Å². The van der Waals surface area contributed by atoms with Gasteiger partial charge in [0.15, 0.2) is 0 Å². The molecule has 1 fully saturated rings. The summed E-state index contributed by atoms with van der Waals surface area (Å²) in [6.07, 6.45) is 0.597. The Morgan fingerprint density at radius 1 is 1.14 bits per heavy atom. The molecule has 2 atom stereocenters. The Hall–Kier alpha value is -2.23. The summed E-state index contributed by atoms with van der Waals surface area (Å²) in [5.74, 6) is -1.40. The summed E-state index contributed by atoms with van der Waals surface area (Å²) < 4.78 is 27.4. The van der Waals surface area contributed by atoms with E-state index < -0.39 is 5.82 Å². The molecule has 0 saturated heterocycles. The van der Waals surface area contributed by atoms with E-state index in [1.807, 2.05) is 0 Å². The van der Waals surface area contributed by atoms with E-state index in [-0.39, 0.29) is 29.2 Å². The molecule has 0 spiro atoms. The lowest BCUT2D eigenvalue weighted by atomic mass is 10.1. The number of amides is 1.